The summed E-state index contributed by atoms with van der Waals surface area (Å²) < 4.78 is 11.3. The van der Waals surface area contributed by atoms with Crippen LogP contribution in [0.5, 0.6) is 0 Å². The summed E-state index contributed by atoms with van der Waals surface area (Å²) >= 11 is 0. The second-order valence-electron chi connectivity index (χ2n) is 6.36. The highest BCUT2D eigenvalue weighted by Crippen LogP contribution is 2.23. The van der Waals surface area contributed by atoms with E-state index in [2.05, 4.69) is 32.6 Å². The van der Waals surface area contributed by atoms with Crippen molar-refractivity contribution in [2.24, 2.45) is 11.8 Å². The Kier molecular flexibility index (Phi) is 13.7. The molecule has 0 radical (unpaired) electrons. The van der Waals surface area contributed by atoms with Gasteiger partial charge in [0.2, 0.25) is 6.29 Å². The molecule has 0 aliphatic heterocycles. The Morgan fingerprint density at radius 3 is 1.62 bits per heavy atom. The Labute approximate surface area is 133 Å². The molecule has 0 amide bonds. The first-order valence-corrected chi connectivity index (χ1v) is 10.3. The lowest BCUT2D eigenvalue weighted by atomic mass is 9.96. The predicted molar refractivity (Wildman–Crippen MR) is 92.9 cm³/mol. The lowest BCUT2D eigenvalue weighted by molar-refractivity contribution is 0.202. The molecule has 0 saturated heterocycles. The van der Waals surface area contributed by atoms with Gasteiger partial charge in [0, 0.05) is 13.1 Å². The zero-order chi connectivity index (χ0) is 16.1. The molecule has 0 heterocycles. The fourth-order valence-electron chi connectivity index (χ4n) is 2.93. The molecule has 0 saturated carbocycles. The van der Waals surface area contributed by atoms with Crippen molar-refractivity contribution in [3.63, 3.8) is 0 Å². The molecule has 0 bridgehead atoms. The van der Waals surface area contributed by atoms with E-state index in [4.69, 9.17) is 0 Å². The van der Waals surface area contributed by atoms with Crippen LogP contribution in [0.2, 0.25) is 0 Å². The molecule has 0 aromatic carbocycles. The summed E-state index contributed by atoms with van der Waals surface area (Å²) in [6, 6.07) is 0. The minimum Gasteiger partial charge on any atom is -0.259 e. The highest BCUT2D eigenvalue weighted by molar-refractivity contribution is 7.37. The lowest BCUT2D eigenvalue weighted by Gasteiger charge is -2.27. The average Bonchev–Trinajstić information content (AvgIpc) is 2.46. The van der Waals surface area contributed by atoms with Gasteiger partial charge in [0.05, 0.1) is 0 Å². The van der Waals surface area contributed by atoms with Crippen LogP contribution < -0.4 is 0 Å². The van der Waals surface area contributed by atoms with Crippen LogP contribution >= 0.6 is 8.03 Å². The van der Waals surface area contributed by atoms with Gasteiger partial charge in [-0.15, -0.1) is 0 Å². The van der Waals surface area contributed by atoms with Gasteiger partial charge < -0.3 is 0 Å². The monoisotopic (exact) mass is 318 g/mol. The van der Waals surface area contributed by atoms with Crippen LogP contribution in [0.15, 0.2) is 0 Å². The minimum atomic E-state index is -2.06. The number of hydrogen-bond acceptors (Lipinski definition) is 2. The Hall–Kier alpha value is 0.0200. The van der Waals surface area contributed by atoms with E-state index in [-0.39, 0.29) is 0 Å². The number of unbranched alkanes of at least 4 members (excludes halogenated alkanes) is 2. The minimum absolute atomic E-state index is 0.348. The van der Waals surface area contributed by atoms with Gasteiger partial charge in [0.15, 0.2) is 0 Å². The van der Waals surface area contributed by atoms with Crippen molar-refractivity contribution in [1.29, 1.82) is 0 Å². The highest BCUT2D eigenvalue weighted by atomic mass is 31.1. The van der Waals surface area contributed by atoms with Crippen LogP contribution in [0.25, 0.3) is 0 Å². The third-order valence-corrected chi connectivity index (χ3v) is 5.08. The Morgan fingerprint density at radius 1 is 0.905 bits per heavy atom. The molecule has 0 fully saturated rings. The highest BCUT2D eigenvalue weighted by Gasteiger charge is 2.23. The van der Waals surface area contributed by atoms with Gasteiger partial charge in [-0.25, -0.2) is 0 Å². The molecule has 0 spiro atoms. The summed E-state index contributed by atoms with van der Waals surface area (Å²) in [7, 11) is -2.06. The zero-order valence-corrected chi connectivity index (χ0v) is 15.6. The topological polar surface area (TPSA) is 40.5 Å². The standard InChI is InChI=1S/C17H36NO2P/c1-5-9-11-16(7-3)13-18(15-21(19)20)14-17(8-4)12-10-6-2/h16-17H,5-15H2,1-4H3/p+1. The molecule has 126 valence electrons. The van der Waals surface area contributed by atoms with Gasteiger partial charge in [-0.3, -0.25) is 4.90 Å². The summed E-state index contributed by atoms with van der Waals surface area (Å²) in [6.45, 7) is 10.9. The van der Waals surface area contributed by atoms with Crippen LogP contribution in [0.4, 0.5) is 0 Å². The summed E-state index contributed by atoms with van der Waals surface area (Å²) in [5.74, 6) is 1.34. The van der Waals surface area contributed by atoms with Crippen molar-refractivity contribution in [1.82, 2.24) is 4.90 Å². The van der Waals surface area contributed by atoms with Gasteiger partial charge in [0.1, 0.15) is 0 Å². The van der Waals surface area contributed by atoms with E-state index in [1.54, 1.807) is 0 Å². The molecule has 3 atom stereocenters. The number of rotatable bonds is 14. The van der Waals surface area contributed by atoms with E-state index >= 15 is 0 Å². The van der Waals surface area contributed by atoms with Gasteiger partial charge >= 0.3 is 8.03 Å². The third kappa shape index (κ3) is 11.3. The smallest absolute Gasteiger partial charge is 0.259 e. The van der Waals surface area contributed by atoms with E-state index in [1.807, 2.05) is 0 Å². The van der Waals surface area contributed by atoms with Gasteiger partial charge in [0.25, 0.3) is 0 Å². The molecule has 3 nitrogen and oxygen atoms in total. The van der Waals surface area contributed by atoms with E-state index in [9.17, 15) is 9.46 Å². The van der Waals surface area contributed by atoms with E-state index in [1.165, 1.54) is 51.4 Å². The van der Waals surface area contributed by atoms with Crippen LogP contribution in [0, 0.1) is 11.8 Å². The van der Waals surface area contributed by atoms with Crippen molar-refractivity contribution >= 4 is 8.03 Å². The normalized spacial score (nSPS) is 15.2. The Balaban J connectivity index is 4.49. The molecule has 0 aromatic heterocycles. The molecule has 0 aromatic rings. The molecule has 0 aliphatic rings. The lowest BCUT2D eigenvalue weighted by Crippen LogP contribution is -2.33. The SMILES string of the molecule is CCCCC(CC)CN(CC(CC)CCCC)C[P+](=O)O. The van der Waals surface area contributed by atoms with E-state index < -0.39 is 8.03 Å². The van der Waals surface area contributed by atoms with Crippen LogP contribution in [-0.2, 0) is 4.57 Å². The number of nitrogens with zero attached hydrogens (tertiary/aromatic N) is 1. The molecular weight excluding hydrogens is 281 g/mol. The van der Waals surface area contributed by atoms with Gasteiger partial charge in [-0.05, 0) is 29.2 Å². The van der Waals surface area contributed by atoms with Crippen molar-refractivity contribution in [3.8, 4) is 0 Å². The van der Waals surface area contributed by atoms with Crippen molar-refractivity contribution in [2.75, 3.05) is 19.4 Å². The van der Waals surface area contributed by atoms with E-state index in [0.29, 0.717) is 18.1 Å². The first-order valence-electron chi connectivity index (χ1n) is 8.93. The third-order valence-electron chi connectivity index (χ3n) is 4.44. The maximum absolute atomic E-state index is 11.3. The van der Waals surface area contributed by atoms with Gasteiger partial charge in [-0.1, -0.05) is 66.2 Å². The summed E-state index contributed by atoms with van der Waals surface area (Å²) in [5.41, 5.74) is 0. The molecular formula is C17H37NO2P+. The Bertz CT molecular complexity index is 243. The number of hydrogen-bond donors (Lipinski definition) is 1. The van der Waals surface area contributed by atoms with Crippen molar-refractivity contribution in [2.45, 2.75) is 79.1 Å². The molecule has 1 N–H and O–H groups in total. The van der Waals surface area contributed by atoms with Crippen molar-refractivity contribution < 1.29 is 9.46 Å². The predicted octanol–water partition coefficient (Wildman–Crippen LogP) is 5.41. The second kappa shape index (κ2) is 13.7. The first-order chi connectivity index (χ1) is 10.1. The summed E-state index contributed by atoms with van der Waals surface area (Å²) in [6.07, 6.45) is 10.2. The Morgan fingerprint density at radius 2 is 1.33 bits per heavy atom. The summed E-state index contributed by atoms with van der Waals surface area (Å²) in [4.78, 5) is 11.6. The quantitative estimate of drug-likeness (QED) is 0.435. The summed E-state index contributed by atoms with van der Waals surface area (Å²) in [5, 5.41) is 0. The van der Waals surface area contributed by atoms with Crippen molar-refractivity contribution in [3.05, 3.63) is 0 Å². The molecule has 4 heteroatoms. The molecule has 21 heavy (non-hydrogen) atoms. The maximum atomic E-state index is 11.3. The van der Waals surface area contributed by atoms with Crippen LogP contribution in [0.3, 0.4) is 0 Å². The maximum Gasteiger partial charge on any atom is 0.521 e. The molecule has 0 aliphatic carbocycles. The second-order valence-corrected chi connectivity index (χ2v) is 7.35. The molecule has 0 rings (SSSR count). The van der Waals surface area contributed by atoms with Crippen LogP contribution in [0.1, 0.15) is 79.1 Å². The fourth-order valence-corrected chi connectivity index (χ4v) is 3.50. The zero-order valence-electron chi connectivity index (χ0n) is 14.7. The van der Waals surface area contributed by atoms with Gasteiger partial charge in [-0.2, -0.15) is 4.89 Å². The molecule has 3 unspecified atom stereocenters. The largest absolute Gasteiger partial charge is 0.521 e. The average molecular weight is 318 g/mol. The van der Waals surface area contributed by atoms with E-state index in [0.717, 1.165) is 13.1 Å². The fraction of sp³-hybridized carbons (Fsp3) is 1.00. The van der Waals surface area contributed by atoms with Crippen LogP contribution in [-0.4, -0.2) is 29.2 Å². The first kappa shape index (κ1) is 21.0.